The predicted molar refractivity (Wildman–Crippen MR) is 68.5 cm³/mol. The van der Waals surface area contributed by atoms with Gasteiger partial charge in [-0.15, -0.1) is 0 Å². The number of nitrogens with zero attached hydrogens (tertiary/aromatic N) is 1. The van der Waals surface area contributed by atoms with Gasteiger partial charge in [-0.3, -0.25) is 4.79 Å². The maximum Gasteiger partial charge on any atom is 0.152 e. The largest absolute Gasteiger partial charge is 0.341 e. The third kappa shape index (κ3) is 1.42. The van der Waals surface area contributed by atoms with Crippen molar-refractivity contribution >= 4 is 17.2 Å². The molecule has 1 aliphatic rings. The smallest absolute Gasteiger partial charge is 0.152 e. The molecule has 0 saturated carbocycles. The van der Waals surface area contributed by atoms with Gasteiger partial charge in [0.25, 0.3) is 0 Å². The molecule has 0 amide bonds. The lowest BCUT2D eigenvalue weighted by Gasteiger charge is -2.17. The van der Waals surface area contributed by atoms with Gasteiger partial charge in [0, 0.05) is 41.8 Å². The van der Waals surface area contributed by atoms with Crippen molar-refractivity contribution in [2.75, 3.05) is 6.54 Å². The Morgan fingerprint density at radius 3 is 2.94 bits per heavy atom. The summed E-state index contributed by atoms with van der Waals surface area (Å²) in [4.78, 5) is 11.3. The number of hydrogen-bond donors (Lipinski definition) is 1. The topological polar surface area (TPSA) is 34.0 Å². The van der Waals surface area contributed by atoms with E-state index in [1.165, 1.54) is 16.6 Å². The fourth-order valence-corrected chi connectivity index (χ4v) is 2.91. The highest BCUT2D eigenvalue weighted by Crippen LogP contribution is 2.30. The molecule has 0 unspecified atom stereocenters. The molecule has 0 radical (unpaired) electrons. The molecule has 3 rings (SSSR count). The Bertz CT molecular complexity index is 610. The first-order chi connectivity index (χ1) is 8.22. The number of hydrogen-bond acceptors (Lipinski definition) is 2. The molecule has 0 atom stereocenters. The first-order valence-electron chi connectivity index (χ1n) is 6.00. The average Bonchev–Trinajstić information content (AvgIpc) is 2.63. The van der Waals surface area contributed by atoms with Crippen molar-refractivity contribution in [2.24, 2.45) is 0 Å². The highest BCUT2D eigenvalue weighted by molar-refractivity contribution is 6.01. The number of benzene rings is 1. The van der Waals surface area contributed by atoms with Gasteiger partial charge in [-0.1, -0.05) is 6.07 Å². The molecule has 88 valence electrons. The number of aryl methyl sites for hydroxylation is 2. The molecule has 0 saturated heterocycles. The van der Waals surface area contributed by atoms with Gasteiger partial charge in [0.2, 0.25) is 0 Å². The van der Waals surface area contributed by atoms with Crippen LogP contribution in [0.2, 0.25) is 0 Å². The van der Waals surface area contributed by atoms with Crippen LogP contribution >= 0.6 is 0 Å². The molecule has 2 heterocycles. The molecular weight excluding hydrogens is 212 g/mol. The predicted octanol–water partition coefficient (Wildman–Crippen LogP) is 2.17. The van der Waals surface area contributed by atoms with E-state index in [-0.39, 0.29) is 0 Å². The summed E-state index contributed by atoms with van der Waals surface area (Å²) in [6, 6.07) is 4.33. The van der Waals surface area contributed by atoms with Crippen LogP contribution in [-0.2, 0) is 13.1 Å². The molecule has 1 aromatic heterocycles. The molecule has 3 heteroatoms. The normalized spacial score (nSPS) is 14.9. The van der Waals surface area contributed by atoms with Crippen LogP contribution in [0, 0.1) is 13.8 Å². The third-order valence-corrected chi connectivity index (χ3v) is 3.58. The summed E-state index contributed by atoms with van der Waals surface area (Å²) < 4.78 is 2.29. The molecule has 1 aromatic carbocycles. The average molecular weight is 228 g/mol. The number of carbonyl (C=O) groups is 1. The number of fused-ring (bicyclic) bond motifs is 3. The zero-order chi connectivity index (χ0) is 12.0. The van der Waals surface area contributed by atoms with Crippen molar-refractivity contribution in [1.82, 2.24) is 9.88 Å². The maximum absolute atomic E-state index is 11.3. The second kappa shape index (κ2) is 3.70. The Hall–Kier alpha value is -1.61. The molecular formula is C14H16N2O. The van der Waals surface area contributed by atoms with Crippen molar-refractivity contribution in [3.8, 4) is 0 Å². The minimum absolute atomic E-state index is 0.793. The van der Waals surface area contributed by atoms with E-state index in [2.05, 4.69) is 35.9 Å². The fourth-order valence-electron chi connectivity index (χ4n) is 2.91. The molecule has 0 aliphatic carbocycles. The van der Waals surface area contributed by atoms with Crippen LogP contribution in [0.4, 0.5) is 0 Å². The van der Waals surface area contributed by atoms with E-state index in [4.69, 9.17) is 0 Å². The fraction of sp³-hybridized carbons (Fsp3) is 0.357. The second-order valence-electron chi connectivity index (χ2n) is 4.78. The molecule has 0 bridgehead atoms. The number of aldehydes is 1. The standard InChI is InChI=1S/C14H16N2O/c1-9-5-10(2)14-11(8-17)13-7-15-3-4-16(13)12(14)6-9/h5-6,8,15H,3-4,7H2,1-2H3. The second-order valence-corrected chi connectivity index (χ2v) is 4.78. The summed E-state index contributed by atoms with van der Waals surface area (Å²) in [6.07, 6.45) is 1.00. The molecule has 3 nitrogen and oxygen atoms in total. The Kier molecular flexibility index (Phi) is 2.30. The van der Waals surface area contributed by atoms with E-state index in [0.29, 0.717) is 0 Å². The van der Waals surface area contributed by atoms with Gasteiger partial charge < -0.3 is 9.88 Å². The molecule has 1 N–H and O–H groups in total. The van der Waals surface area contributed by atoms with Gasteiger partial charge in [-0.05, 0) is 31.0 Å². The summed E-state index contributed by atoms with van der Waals surface area (Å²) in [5.41, 5.74) is 5.66. The van der Waals surface area contributed by atoms with Gasteiger partial charge in [0.1, 0.15) is 0 Å². The minimum atomic E-state index is 0.793. The third-order valence-electron chi connectivity index (χ3n) is 3.58. The highest BCUT2D eigenvalue weighted by Gasteiger charge is 2.20. The van der Waals surface area contributed by atoms with E-state index in [1.807, 2.05) is 0 Å². The van der Waals surface area contributed by atoms with Crippen LogP contribution in [0.5, 0.6) is 0 Å². The zero-order valence-electron chi connectivity index (χ0n) is 10.2. The summed E-state index contributed by atoms with van der Waals surface area (Å²) >= 11 is 0. The number of aromatic nitrogens is 1. The van der Waals surface area contributed by atoms with Crippen LogP contribution in [0.3, 0.4) is 0 Å². The number of rotatable bonds is 1. The lowest BCUT2D eigenvalue weighted by atomic mass is 10.0. The van der Waals surface area contributed by atoms with Crippen LogP contribution in [-0.4, -0.2) is 17.4 Å². The van der Waals surface area contributed by atoms with Crippen LogP contribution < -0.4 is 5.32 Å². The molecule has 17 heavy (non-hydrogen) atoms. The molecule has 0 fully saturated rings. The Morgan fingerprint density at radius 1 is 1.35 bits per heavy atom. The molecule has 2 aromatic rings. The van der Waals surface area contributed by atoms with Gasteiger partial charge in [-0.2, -0.15) is 0 Å². The summed E-state index contributed by atoms with van der Waals surface area (Å²) in [5, 5.41) is 4.46. The number of nitrogens with one attached hydrogen (secondary N) is 1. The maximum atomic E-state index is 11.3. The zero-order valence-corrected chi connectivity index (χ0v) is 10.2. The van der Waals surface area contributed by atoms with E-state index < -0.39 is 0 Å². The first kappa shape index (κ1) is 10.5. The Labute approximate surface area is 100 Å². The summed E-state index contributed by atoms with van der Waals surface area (Å²) in [6.45, 7) is 6.90. The van der Waals surface area contributed by atoms with Crippen molar-refractivity contribution in [2.45, 2.75) is 26.9 Å². The SMILES string of the molecule is Cc1cc(C)c2c(C=O)c3n(c2c1)CCNC3. The van der Waals surface area contributed by atoms with Crippen molar-refractivity contribution < 1.29 is 4.79 Å². The minimum Gasteiger partial charge on any atom is -0.341 e. The number of carbonyl (C=O) groups excluding carboxylic acids is 1. The quantitative estimate of drug-likeness (QED) is 0.759. The van der Waals surface area contributed by atoms with Crippen LogP contribution in [0.15, 0.2) is 12.1 Å². The Morgan fingerprint density at radius 2 is 2.18 bits per heavy atom. The van der Waals surface area contributed by atoms with E-state index >= 15 is 0 Å². The van der Waals surface area contributed by atoms with Crippen LogP contribution in [0.25, 0.3) is 10.9 Å². The Balaban J connectivity index is 2.47. The van der Waals surface area contributed by atoms with Crippen molar-refractivity contribution in [3.05, 3.63) is 34.5 Å². The summed E-state index contributed by atoms with van der Waals surface area (Å²) in [5.74, 6) is 0. The van der Waals surface area contributed by atoms with Crippen LogP contribution in [0.1, 0.15) is 27.2 Å². The van der Waals surface area contributed by atoms with Crippen molar-refractivity contribution in [3.63, 3.8) is 0 Å². The van der Waals surface area contributed by atoms with E-state index in [0.717, 1.165) is 42.6 Å². The molecule has 0 spiro atoms. The monoisotopic (exact) mass is 228 g/mol. The van der Waals surface area contributed by atoms with E-state index in [1.54, 1.807) is 0 Å². The van der Waals surface area contributed by atoms with Crippen molar-refractivity contribution in [1.29, 1.82) is 0 Å². The van der Waals surface area contributed by atoms with Gasteiger partial charge in [-0.25, -0.2) is 0 Å². The summed E-state index contributed by atoms with van der Waals surface area (Å²) in [7, 11) is 0. The lowest BCUT2D eigenvalue weighted by Crippen LogP contribution is -2.28. The highest BCUT2D eigenvalue weighted by atomic mass is 16.1. The van der Waals surface area contributed by atoms with E-state index in [9.17, 15) is 4.79 Å². The first-order valence-corrected chi connectivity index (χ1v) is 6.00. The lowest BCUT2D eigenvalue weighted by molar-refractivity contribution is 0.112. The van der Waals surface area contributed by atoms with Gasteiger partial charge >= 0.3 is 0 Å². The molecule has 1 aliphatic heterocycles. The van der Waals surface area contributed by atoms with Gasteiger partial charge in [0.05, 0.1) is 0 Å². The van der Waals surface area contributed by atoms with Gasteiger partial charge in [0.15, 0.2) is 6.29 Å².